The zero-order valence-electron chi connectivity index (χ0n) is 10.1. The topological polar surface area (TPSA) is 66.8 Å². The van der Waals surface area contributed by atoms with Gasteiger partial charge in [0, 0.05) is 11.8 Å². The van der Waals surface area contributed by atoms with E-state index in [1.165, 1.54) is 0 Å². The monoisotopic (exact) mass is 259 g/mol. The average molecular weight is 259 g/mol. The number of hydroxylamine groups is 1. The number of ketones is 1. The van der Waals surface area contributed by atoms with Crippen molar-refractivity contribution < 1.29 is 18.0 Å². The van der Waals surface area contributed by atoms with Crippen LogP contribution in [0.1, 0.15) is 33.1 Å². The van der Waals surface area contributed by atoms with Gasteiger partial charge < -0.3 is 0 Å². The number of rotatable bonds is 3. The van der Waals surface area contributed by atoms with Crippen molar-refractivity contribution in [1.29, 1.82) is 0 Å². The maximum absolute atomic E-state index is 12.2. The molecule has 17 heavy (non-hydrogen) atoms. The van der Waals surface area contributed by atoms with Crippen molar-refractivity contribution >= 4 is 15.8 Å². The highest BCUT2D eigenvalue weighted by Crippen LogP contribution is 2.64. The molecule has 96 valence electrons. The van der Waals surface area contributed by atoms with Crippen LogP contribution in [0.4, 0.5) is 0 Å². The van der Waals surface area contributed by atoms with Crippen LogP contribution in [0.3, 0.4) is 0 Å². The molecule has 0 amide bonds. The van der Waals surface area contributed by atoms with Crippen molar-refractivity contribution in [3.8, 4) is 0 Å². The second kappa shape index (κ2) is 3.10. The molecule has 6 heteroatoms. The van der Waals surface area contributed by atoms with Gasteiger partial charge in [-0.05, 0) is 24.2 Å². The van der Waals surface area contributed by atoms with Gasteiger partial charge in [0.25, 0.3) is 0 Å². The third kappa shape index (κ3) is 1.37. The summed E-state index contributed by atoms with van der Waals surface area (Å²) in [4.78, 5) is 16.9. The molecule has 1 aliphatic heterocycles. The molecule has 0 aromatic heterocycles. The van der Waals surface area contributed by atoms with Crippen molar-refractivity contribution in [2.24, 2.45) is 16.7 Å². The standard InChI is InChI=1S/C11H17NO4S/c1-10(2)8-3-4-11(10,9(13)5-8)6-17(14,15)12-7-16-12/h8H,3-7H2,1-2H3/t8-,11+,12?/m0/s1. The first-order valence-corrected chi connectivity index (χ1v) is 7.57. The van der Waals surface area contributed by atoms with Gasteiger partial charge in [0.2, 0.25) is 10.0 Å². The van der Waals surface area contributed by atoms with Crippen LogP contribution in [0.2, 0.25) is 0 Å². The van der Waals surface area contributed by atoms with Crippen molar-refractivity contribution in [2.75, 3.05) is 12.5 Å². The van der Waals surface area contributed by atoms with Crippen LogP contribution in [0, 0.1) is 16.7 Å². The number of Topliss-reactive ketones (excluding diaryl/α,β-unsaturated/α-hetero) is 1. The normalized spacial score (nSPS) is 43.1. The highest BCUT2D eigenvalue weighted by atomic mass is 32.2. The van der Waals surface area contributed by atoms with Gasteiger partial charge in [-0.25, -0.2) is 8.42 Å². The number of carbonyl (C=O) groups is 1. The predicted octanol–water partition coefficient (Wildman–Crippen LogP) is 0.916. The molecule has 0 aromatic carbocycles. The first kappa shape index (κ1) is 11.6. The smallest absolute Gasteiger partial charge is 0.239 e. The molecule has 0 spiro atoms. The molecule has 0 aromatic rings. The molecule has 3 atom stereocenters. The Bertz CT molecular complexity index is 480. The third-order valence-electron chi connectivity index (χ3n) is 5.11. The van der Waals surface area contributed by atoms with E-state index in [4.69, 9.17) is 4.84 Å². The van der Waals surface area contributed by atoms with Gasteiger partial charge >= 0.3 is 0 Å². The fourth-order valence-electron chi connectivity index (χ4n) is 3.68. The lowest BCUT2D eigenvalue weighted by Crippen LogP contribution is -2.43. The minimum absolute atomic E-state index is 0.0810. The molecule has 0 radical (unpaired) electrons. The van der Waals surface area contributed by atoms with Crippen LogP contribution in [0.5, 0.6) is 0 Å². The summed E-state index contributed by atoms with van der Waals surface area (Å²) in [5, 5.41) is 0. The third-order valence-corrected chi connectivity index (χ3v) is 6.80. The first-order chi connectivity index (χ1) is 7.80. The second-order valence-electron chi connectivity index (χ2n) is 5.98. The molecule has 3 fully saturated rings. The molecule has 2 saturated carbocycles. The van der Waals surface area contributed by atoms with Crippen molar-refractivity contribution in [3.05, 3.63) is 0 Å². The Morgan fingerprint density at radius 1 is 1.47 bits per heavy atom. The number of hydrogen-bond acceptors (Lipinski definition) is 4. The molecule has 3 aliphatic rings. The average Bonchev–Trinajstić information content (AvgIpc) is 2.98. The van der Waals surface area contributed by atoms with E-state index in [9.17, 15) is 13.2 Å². The van der Waals surface area contributed by atoms with Gasteiger partial charge in [0.1, 0.15) is 5.78 Å². The summed E-state index contributed by atoms with van der Waals surface area (Å²) < 4.78 is 25.0. The lowest BCUT2D eigenvalue weighted by atomic mass is 9.70. The van der Waals surface area contributed by atoms with Crippen molar-refractivity contribution in [3.63, 3.8) is 0 Å². The molecule has 3 rings (SSSR count). The first-order valence-electron chi connectivity index (χ1n) is 5.96. The summed E-state index contributed by atoms with van der Waals surface area (Å²) in [7, 11) is -3.43. The fourth-order valence-corrected chi connectivity index (χ4v) is 5.49. The van der Waals surface area contributed by atoms with Crippen molar-refractivity contribution in [2.45, 2.75) is 33.1 Å². The van der Waals surface area contributed by atoms with Crippen LogP contribution in [-0.2, 0) is 19.7 Å². The molecular weight excluding hydrogens is 242 g/mol. The number of hydrogen-bond donors (Lipinski definition) is 0. The highest BCUT2D eigenvalue weighted by molar-refractivity contribution is 7.89. The summed E-state index contributed by atoms with van der Waals surface area (Å²) in [5.41, 5.74) is -0.879. The molecule has 5 nitrogen and oxygen atoms in total. The van der Waals surface area contributed by atoms with E-state index in [2.05, 4.69) is 0 Å². The predicted molar refractivity (Wildman–Crippen MR) is 60.1 cm³/mol. The SMILES string of the molecule is CC1(C)[C@H]2CC[C@@]1(CS(=O)(=O)N1CO1)C(=O)C2. The maximum atomic E-state index is 12.2. The molecule has 1 saturated heterocycles. The van der Waals surface area contributed by atoms with Gasteiger partial charge in [0.05, 0.1) is 5.75 Å². The molecule has 2 aliphatic carbocycles. The van der Waals surface area contributed by atoms with Crippen LogP contribution >= 0.6 is 0 Å². The maximum Gasteiger partial charge on any atom is 0.239 e. The number of fused-ring (bicyclic) bond motifs is 2. The van der Waals surface area contributed by atoms with E-state index >= 15 is 0 Å². The number of sulfonamides is 1. The summed E-state index contributed by atoms with van der Waals surface area (Å²) in [6, 6.07) is 0. The van der Waals surface area contributed by atoms with Crippen molar-refractivity contribution in [1.82, 2.24) is 4.47 Å². The quantitative estimate of drug-likeness (QED) is 0.707. The zero-order chi connectivity index (χ0) is 12.5. The van der Waals surface area contributed by atoms with E-state index in [1.807, 2.05) is 13.8 Å². The molecule has 1 unspecified atom stereocenters. The minimum Gasteiger partial charge on any atom is -0.299 e. The van der Waals surface area contributed by atoms with Crippen LogP contribution in [0.15, 0.2) is 0 Å². The summed E-state index contributed by atoms with van der Waals surface area (Å²) in [6.07, 6.45) is 2.22. The summed E-state index contributed by atoms with van der Waals surface area (Å²) in [5.74, 6) is 0.395. The lowest BCUT2D eigenvalue weighted by molar-refractivity contribution is -0.128. The van der Waals surface area contributed by atoms with Gasteiger partial charge in [0.15, 0.2) is 6.73 Å². The Hall–Kier alpha value is -0.460. The second-order valence-corrected chi connectivity index (χ2v) is 7.84. The molecule has 2 bridgehead atoms. The van der Waals surface area contributed by atoms with E-state index < -0.39 is 15.4 Å². The number of carbonyl (C=O) groups excluding carboxylic acids is 1. The zero-order valence-corrected chi connectivity index (χ0v) is 10.9. The fraction of sp³-hybridized carbons (Fsp3) is 0.909. The summed E-state index contributed by atoms with van der Waals surface area (Å²) >= 11 is 0. The van der Waals surface area contributed by atoms with Crippen LogP contribution in [-0.4, -0.2) is 31.2 Å². The lowest BCUT2D eigenvalue weighted by Gasteiger charge is -2.35. The Kier molecular flexibility index (Phi) is 2.12. The van der Waals surface area contributed by atoms with Crippen LogP contribution < -0.4 is 0 Å². The van der Waals surface area contributed by atoms with E-state index in [-0.39, 0.29) is 23.7 Å². The summed E-state index contributed by atoms with van der Waals surface area (Å²) in [6.45, 7) is 4.21. The largest absolute Gasteiger partial charge is 0.299 e. The molecule has 0 N–H and O–H groups in total. The van der Waals surface area contributed by atoms with Gasteiger partial charge in [-0.1, -0.05) is 18.3 Å². The van der Waals surface area contributed by atoms with E-state index in [0.29, 0.717) is 18.8 Å². The minimum atomic E-state index is -3.43. The number of nitrogens with zero attached hydrogens (tertiary/aromatic N) is 1. The Morgan fingerprint density at radius 3 is 2.53 bits per heavy atom. The Labute approximate surface area is 101 Å². The van der Waals surface area contributed by atoms with Crippen LogP contribution in [0.25, 0.3) is 0 Å². The Morgan fingerprint density at radius 2 is 2.12 bits per heavy atom. The molecular formula is C11H17NO4S. The van der Waals surface area contributed by atoms with Gasteiger partial charge in [-0.3, -0.25) is 9.63 Å². The van der Waals surface area contributed by atoms with Gasteiger partial charge in [-0.2, -0.15) is 0 Å². The highest BCUT2D eigenvalue weighted by Gasteiger charge is 2.66. The van der Waals surface area contributed by atoms with E-state index in [0.717, 1.165) is 10.9 Å². The molecule has 1 heterocycles. The van der Waals surface area contributed by atoms with Gasteiger partial charge in [-0.15, -0.1) is 0 Å². The van der Waals surface area contributed by atoms with E-state index in [1.54, 1.807) is 0 Å². The Balaban J connectivity index is 1.97.